The van der Waals surface area contributed by atoms with Crippen LogP contribution in [-0.2, 0) is 6.54 Å². The van der Waals surface area contributed by atoms with E-state index < -0.39 is 0 Å². The second-order valence-corrected chi connectivity index (χ2v) is 6.08. The Morgan fingerprint density at radius 3 is 2.79 bits per heavy atom. The fourth-order valence-corrected chi connectivity index (χ4v) is 3.08. The first-order valence-corrected chi connectivity index (χ1v) is 8.02. The summed E-state index contributed by atoms with van der Waals surface area (Å²) in [4.78, 5) is 7.61. The van der Waals surface area contributed by atoms with Crippen LogP contribution in [0.5, 0.6) is 5.75 Å². The van der Waals surface area contributed by atoms with E-state index in [2.05, 4.69) is 26.7 Å². The van der Waals surface area contributed by atoms with Gasteiger partial charge in [-0.2, -0.15) is 0 Å². The number of hydrogen-bond acceptors (Lipinski definition) is 2. The molecule has 120 valence electrons. The second kappa shape index (κ2) is 6.06. The standard InChI is InChI=1S/C19H16ClN3O/c1-24-15-5-2-13(3-6-15)11-23-12-21-10-19(23)17-9-22-18-8-14(20)4-7-16(17)18/h2-10,12,22H,11H2,1H3. The zero-order valence-electron chi connectivity index (χ0n) is 13.2. The normalized spacial score (nSPS) is 11.1. The second-order valence-electron chi connectivity index (χ2n) is 5.65. The van der Waals surface area contributed by atoms with E-state index in [0.29, 0.717) is 0 Å². The van der Waals surface area contributed by atoms with Crippen LogP contribution in [0, 0.1) is 0 Å². The SMILES string of the molecule is COc1ccc(Cn2cncc2-c2c[nH]c3cc(Cl)ccc23)cc1. The number of ether oxygens (including phenoxy) is 1. The number of aromatic nitrogens is 3. The van der Waals surface area contributed by atoms with Crippen molar-refractivity contribution in [3.05, 3.63) is 71.8 Å². The summed E-state index contributed by atoms with van der Waals surface area (Å²) in [5, 5.41) is 1.86. The minimum absolute atomic E-state index is 0.725. The molecule has 2 heterocycles. The van der Waals surface area contributed by atoms with E-state index in [4.69, 9.17) is 16.3 Å². The van der Waals surface area contributed by atoms with Gasteiger partial charge in [-0.25, -0.2) is 4.98 Å². The highest BCUT2D eigenvalue weighted by Crippen LogP contribution is 2.30. The number of hydrogen-bond donors (Lipinski definition) is 1. The molecule has 1 N–H and O–H groups in total. The lowest BCUT2D eigenvalue weighted by atomic mass is 10.1. The molecular weight excluding hydrogens is 322 g/mol. The predicted octanol–water partition coefficient (Wildman–Crippen LogP) is 4.74. The Kier molecular flexibility index (Phi) is 3.75. The van der Waals surface area contributed by atoms with Gasteiger partial charge in [0.25, 0.3) is 0 Å². The fourth-order valence-electron chi connectivity index (χ4n) is 2.91. The molecule has 0 amide bonds. The summed E-state index contributed by atoms with van der Waals surface area (Å²) < 4.78 is 7.35. The van der Waals surface area contributed by atoms with E-state index in [-0.39, 0.29) is 0 Å². The molecule has 0 fully saturated rings. The number of rotatable bonds is 4. The van der Waals surface area contributed by atoms with Crippen molar-refractivity contribution < 1.29 is 4.74 Å². The summed E-state index contributed by atoms with van der Waals surface area (Å²) in [5.74, 6) is 0.859. The predicted molar refractivity (Wildman–Crippen MR) is 96.6 cm³/mol. The van der Waals surface area contributed by atoms with Crippen LogP contribution in [0.25, 0.3) is 22.2 Å². The third kappa shape index (κ3) is 2.65. The topological polar surface area (TPSA) is 42.8 Å². The molecule has 0 aliphatic rings. The Hall–Kier alpha value is -2.72. The van der Waals surface area contributed by atoms with Gasteiger partial charge in [-0.1, -0.05) is 29.8 Å². The van der Waals surface area contributed by atoms with Gasteiger partial charge in [0.15, 0.2) is 0 Å². The molecule has 4 rings (SSSR count). The van der Waals surface area contributed by atoms with E-state index in [1.165, 1.54) is 5.56 Å². The maximum Gasteiger partial charge on any atom is 0.118 e. The summed E-state index contributed by atoms with van der Waals surface area (Å²) in [6, 6.07) is 14.0. The van der Waals surface area contributed by atoms with E-state index in [9.17, 15) is 0 Å². The minimum Gasteiger partial charge on any atom is -0.497 e. The number of methoxy groups -OCH3 is 1. The number of aromatic amines is 1. The lowest BCUT2D eigenvalue weighted by molar-refractivity contribution is 0.414. The van der Waals surface area contributed by atoms with Gasteiger partial charge in [0, 0.05) is 34.2 Å². The molecule has 0 saturated heterocycles. The number of nitrogens with one attached hydrogen (secondary N) is 1. The lowest BCUT2D eigenvalue weighted by Crippen LogP contribution is -2.00. The monoisotopic (exact) mass is 337 g/mol. The van der Waals surface area contributed by atoms with Crippen LogP contribution in [-0.4, -0.2) is 21.6 Å². The first kappa shape index (κ1) is 14.8. The lowest BCUT2D eigenvalue weighted by Gasteiger charge is -2.08. The van der Waals surface area contributed by atoms with Crippen molar-refractivity contribution in [2.45, 2.75) is 6.54 Å². The molecule has 24 heavy (non-hydrogen) atoms. The molecule has 0 aliphatic heterocycles. The van der Waals surface area contributed by atoms with Gasteiger partial charge >= 0.3 is 0 Å². The Bertz CT molecular complexity index is 985. The van der Waals surface area contributed by atoms with Crippen LogP contribution in [0.3, 0.4) is 0 Å². The summed E-state index contributed by atoms with van der Waals surface area (Å²) >= 11 is 6.07. The summed E-state index contributed by atoms with van der Waals surface area (Å²) in [5.41, 5.74) is 4.40. The third-order valence-electron chi connectivity index (χ3n) is 4.14. The first-order chi connectivity index (χ1) is 11.7. The largest absolute Gasteiger partial charge is 0.497 e. The molecule has 5 heteroatoms. The smallest absolute Gasteiger partial charge is 0.118 e. The van der Waals surface area contributed by atoms with E-state index >= 15 is 0 Å². The summed E-state index contributed by atoms with van der Waals surface area (Å²) in [6.45, 7) is 0.750. The summed E-state index contributed by atoms with van der Waals surface area (Å²) in [6.07, 6.45) is 5.75. The van der Waals surface area contributed by atoms with Gasteiger partial charge < -0.3 is 14.3 Å². The van der Waals surface area contributed by atoms with E-state index in [1.807, 2.05) is 49.1 Å². The number of nitrogens with zero attached hydrogens (tertiary/aromatic N) is 2. The van der Waals surface area contributed by atoms with E-state index in [0.717, 1.165) is 39.5 Å². The quantitative estimate of drug-likeness (QED) is 0.584. The molecule has 0 bridgehead atoms. The number of H-pyrrole nitrogens is 1. The van der Waals surface area contributed by atoms with E-state index in [1.54, 1.807) is 7.11 Å². The van der Waals surface area contributed by atoms with Crippen molar-refractivity contribution in [3.8, 4) is 17.0 Å². The molecule has 0 spiro atoms. The fraction of sp³-hybridized carbons (Fsp3) is 0.105. The molecule has 0 radical (unpaired) electrons. The molecule has 2 aromatic carbocycles. The maximum absolute atomic E-state index is 6.07. The number of benzene rings is 2. The molecule has 2 aromatic heterocycles. The average molecular weight is 338 g/mol. The number of halogens is 1. The minimum atomic E-state index is 0.725. The number of imidazole rings is 1. The van der Waals surface area contributed by atoms with Crippen molar-refractivity contribution in [3.63, 3.8) is 0 Å². The molecular formula is C19H16ClN3O. The van der Waals surface area contributed by atoms with Crippen LogP contribution >= 0.6 is 11.6 Å². The zero-order chi connectivity index (χ0) is 16.5. The van der Waals surface area contributed by atoms with Crippen molar-refractivity contribution >= 4 is 22.5 Å². The zero-order valence-corrected chi connectivity index (χ0v) is 13.9. The molecule has 4 aromatic rings. The highest BCUT2D eigenvalue weighted by atomic mass is 35.5. The van der Waals surface area contributed by atoms with Crippen molar-refractivity contribution in [1.29, 1.82) is 0 Å². The van der Waals surface area contributed by atoms with Crippen LogP contribution < -0.4 is 4.74 Å². The molecule has 0 aliphatic carbocycles. The highest BCUT2D eigenvalue weighted by Gasteiger charge is 2.11. The molecule has 0 unspecified atom stereocenters. The van der Waals surface area contributed by atoms with Gasteiger partial charge in [0.1, 0.15) is 5.75 Å². The first-order valence-electron chi connectivity index (χ1n) is 7.64. The van der Waals surface area contributed by atoms with Crippen molar-refractivity contribution in [1.82, 2.24) is 14.5 Å². The summed E-state index contributed by atoms with van der Waals surface area (Å²) in [7, 11) is 1.67. The average Bonchev–Trinajstić information content (AvgIpc) is 3.21. The van der Waals surface area contributed by atoms with Gasteiger partial charge in [-0.05, 0) is 29.8 Å². The number of fused-ring (bicyclic) bond motifs is 1. The maximum atomic E-state index is 6.07. The van der Waals surface area contributed by atoms with Crippen LogP contribution in [0.4, 0.5) is 0 Å². The van der Waals surface area contributed by atoms with Gasteiger partial charge in [-0.3, -0.25) is 0 Å². The Morgan fingerprint density at radius 1 is 1.17 bits per heavy atom. The highest BCUT2D eigenvalue weighted by molar-refractivity contribution is 6.31. The van der Waals surface area contributed by atoms with Gasteiger partial charge in [-0.15, -0.1) is 0 Å². The molecule has 4 nitrogen and oxygen atoms in total. The Morgan fingerprint density at radius 2 is 2.00 bits per heavy atom. The van der Waals surface area contributed by atoms with Crippen molar-refractivity contribution in [2.24, 2.45) is 0 Å². The Balaban J connectivity index is 1.70. The molecule has 0 saturated carbocycles. The molecule has 0 atom stereocenters. The van der Waals surface area contributed by atoms with Crippen LogP contribution in [0.2, 0.25) is 5.02 Å². The van der Waals surface area contributed by atoms with Gasteiger partial charge in [0.05, 0.1) is 25.3 Å². The van der Waals surface area contributed by atoms with Crippen LogP contribution in [0.1, 0.15) is 5.56 Å². The van der Waals surface area contributed by atoms with Crippen LogP contribution in [0.15, 0.2) is 61.2 Å². The third-order valence-corrected chi connectivity index (χ3v) is 4.38. The van der Waals surface area contributed by atoms with Gasteiger partial charge in [0.2, 0.25) is 0 Å². The Labute approximate surface area is 144 Å². The van der Waals surface area contributed by atoms with Crippen molar-refractivity contribution in [2.75, 3.05) is 7.11 Å².